The van der Waals surface area contributed by atoms with Crippen LogP contribution in [0.5, 0.6) is 0 Å². The third-order valence-corrected chi connectivity index (χ3v) is 5.62. The maximum absolute atomic E-state index is 12.8. The topological polar surface area (TPSA) is 66.6 Å². The fraction of sp³-hybridized carbons (Fsp3) is 0.600. The number of hydrogen-bond acceptors (Lipinski definition) is 3. The molecule has 0 aromatic heterocycles. The first-order chi connectivity index (χ1) is 12.0. The molecule has 2 aliphatic rings. The summed E-state index contributed by atoms with van der Waals surface area (Å²) in [5.41, 5.74) is 6.33. The molecule has 0 spiro atoms. The minimum Gasteiger partial charge on any atom is -0.366 e. The molecule has 0 unspecified atom stereocenters. The Morgan fingerprint density at radius 3 is 2.32 bits per heavy atom. The molecule has 1 aromatic rings. The minimum atomic E-state index is -0.465. The van der Waals surface area contributed by atoms with Crippen LogP contribution >= 0.6 is 0 Å². The van der Waals surface area contributed by atoms with E-state index < -0.39 is 5.91 Å². The van der Waals surface area contributed by atoms with Gasteiger partial charge in [-0.2, -0.15) is 0 Å². The maximum Gasteiger partial charge on any atom is 0.253 e. The van der Waals surface area contributed by atoms with Gasteiger partial charge >= 0.3 is 0 Å². The third kappa shape index (κ3) is 4.60. The van der Waals surface area contributed by atoms with Crippen molar-refractivity contribution in [3.05, 3.63) is 35.4 Å². The molecule has 0 aliphatic carbocycles. The number of nitrogens with two attached hydrogens (primary N) is 1. The Hall–Kier alpha value is -1.88. The number of nitrogens with zero attached hydrogens (tertiary/aromatic N) is 2. The molecule has 25 heavy (non-hydrogen) atoms. The molecule has 1 atom stereocenters. The number of amides is 2. The van der Waals surface area contributed by atoms with Gasteiger partial charge in [-0.15, -0.1) is 0 Å². The largest absolute Gasteiger partial charge is 0.366 e. The first-order valence-corrected chi connectivity index (χ1v) is 9.44. The number of piperidine rings is 2. The number of rotatable bonds is 4. The molecule has 0 saturated carbocycles. The van der Waals surface area contributed by atoms with E-state index in [1.807, 2.05) is 4.90 Å². The number of primary amides is 1. The van der Waals surface area contributed by atoms with E-state index in [2.05, 4.69) is 11.8 Å². The Morgan fingerprint density at radius 2 is 1.68 bits per heavy atom. The highest BCUT2D eigenvalue weighted by Gasteiger charge is 2.27. The van der Waals surface area contributed by atoms with Crippen molar-refractivity contribution in [1.82, 2.24) is 9.80 Å². The van der Waals surface area contributed by atoms with Crippen molar-refractivity contribution in [1.29, 1.82) is 0 Å². The lowest BCUT2D eigenvalue weighted by Crippen LogP contribution is -2.45. The molecule has 2 fully saturated rings. The van der Waals surface area contributed by atoms with E-state index in [1.54, 1.807) is 24.3 Å². The third-order valence-electron chi connectivity index (χ3n) is 5.62. The summed E-state index contributed by atoms with van der Waals surface area (Å²) in [6, 6.07) is 6.67. The lowest BCUT2D eigenvalue weighted by molar-refractivity contribution is 0.0622. The monoisotopic (exact) mass is 343 g/mol. The number of carbonyl (C=O) groups is 2. The molecular weight excluding hydrogens is 314 g/mol. The second kappa shape index (κ2) is 8.00. The average molecular weight is 343 g/mol. The van der Waals surface area contributed by atoms with E-state index in [0.717, 1.165) is 32.0 Å². The number of hydrogen-bond donors (Lipinski definition) is 1. The SMILES string of the molecule is CC1CCN(C[C@H]2CCCN(C(=O)c3ccc(C(N)=O)cc3)C2)CC1. The average Bonchev–Trinajstić information content (AvgIpc) is 2.63. The summed E-state index contributed by atoms with van der Waals surface area (Å²) in [6.07, 6.45) is 4.86. The van der Waals surface area contributed by atoms with Gasteiger partial charge in [0.25, 0.3) is 5.91 Å². The van der Waals surface area contributed by atoms with Crippen LogP contribution in [0.2, 0.25) is 0 Å². The second-order valence-corrected chi connectivity index (χ2v) is 7.68. The van der Waals surface area contributed by atoms with Crippen LogP contribution in [0.4, 0.5) is 0 Å². The van der Waals surface area contributed by atoms with Crippen LogP contribution in [0.3, 0.4) is 0 Å². The summed E-state index contributed by atoms with van der Waals surface area (Å²) in [4.78, 5) is 28.5. The fourth-order valence-corrected chi connectivity index (χ4v) is 3.97. The van der Waals surface area contributed by atoms with Gasteiger partial charge in [-0.3, -0.25) is 9.59 Å². The highest BCUT2D eigenvalue weighted by atomic mass is 16.2. The lowest BCUT2D eigenvalue weighted by Gasteiger charge is -2.38. The quantitative estimate of drug-likeness (QED) is 0.913. The van der Waals surface area contributed by atoms with Gasteiger partial charge in [-0.1, -0.05) is 6.92 Å². The molecule has 2 saturated heterocycles. The Kier molecular flexibility index (Phi) is 5.74. The second-order valence-electron chi connectivity index (χ2n) is 7.68. The van der Waals surface area contributed by atoms with Gasteiger partial charge in [-0.25, -0.2) is 0 Å². The van der Waals surface area contributed by atoms with E-state index in [-0.39, 0.29) is 5.91 Å². The highest BCUT2D eigenvalue weighted by Crippen LogP contribution is 2.23. The molecule has 136 valence electrons. The van der Waals surface area contributed by atoms with Gasteiger partial charge in [0.2, 0.25) is 5.91 Å². The molecule has 3 rings (SSSR count). The van der Waals surface area contributed by atoms with Gasteiger partial charge in [0, 0.05) is 30.8 Å². The summed E-state index contributed by atoms with van der Waals surface area (Å²) in [5.74, 6) is 1.01. The zero-order valence-corrected chi connectivity index (χ0v) is 15.1. The van der Waals surface area contributed by atoms with Crippen molar-refractivity contribution >= 4 is 11.8 Å². The van der Waals surface area contributed by atoms with E-state index in [0.29, 0.717) is 17.0 Å². The molecule has 2 heterocycles. The van der Waals surface area contributed by atoms with E-state index >= 15 is 0 Å². The van der Waals surface area contributed by atoms with Crippen LogP contribution in [0.1, 0.15) is 53.3 Å². The van der Waals surface area contributed by atoms with Crippen LogP contribution in [0.25, 0.3) is 0 Å². The summed E-state index contributed by atoms with van der Waals surface area (Å²) in [5, 5.41) is 0. The lowest BCUT2D eigenvalue weighted by atomic mass is 9.94. The van der Waals surface area contributed by atoms with Gasteiger partial charge in [0.05, 0.1) is 0 Å². The molecule has 2 aliphatic heterocycles. The fourth-order valence-electron chi connectivity index (χ4n) is 3.97. The smallest absolute Gasteiger partial charge is 0.253 e. The predicted molar refractivity (Wildman–Crippen MR) is 98.4 cm³/mol. The minimum absolute atomic E-state index is 0.0630. The van der Waals surface area contributed by atoms with Crippen molar-refractivity contribution in [3.63, 3.8) is 0 Å². The van der Waals surface area contributed by atoms with Crippen molar-refractivity contribution in [2.45, 2.75) is 32.6 Å². The predicted octanol–water partition coefficient (Wildman–Crippen LogP) is 2.37. The molecular formula is C20H29N3O2. The highest BCUT2D eigenvalue weighted by molar-refractivity contribution is 5.97. The van der Waals surface area contributed by atoms with Crippen molar-refractivity contribution < 1.29 is 9.59 Å². The van der Waals surface area contributed by atoms with Crippen LogP contribution < -0.4 is 5.73 Å². The summed E-state index contributed by atoms with van der Waals surface area (Å²) >= 11 is 0. The Balaban J connectivity index is 1.56. The Bertz CT molecular complexity index is 606. The van der Waals surface area contributed by atoms with E-state index in [4.69, 9.17) is 5.73 Å². The molecule has 2 N–H and O–H groups in total. The zero-order valence-electron chi connectivity index (χ0n) is 15.1. The molecule has 5 heteroatoms. The normalized spacial score (nSPS) is 22.8. The molecule has 0 bridgehead atoms. The van der Waals surface area contributed by atoms with Gasteiger partial charge in [0.1, 0.15) is 0 Å². The van der Waals surface area contributed by atoms with Gasteiger partial charge < -0.3 is 15.5 Å². The maximum atomic E-state index is 12.8. The van der Waals surface area contributed by atoms with Crippen molar-refractivity contribution in [2.75, 3.05) is 32.7 Å². The van der Waals surface area contributed by atoms with Gasteiger partial charge in [-0.05, 0) is 74.9 Å². The summed E-state index contributed by atoms with van der Waals surface area (Å²) in [6.45, 7) is 7.49. The van der Waals surface area contributed by atoms with Gasteiger partial charge in [0.15, 0.2) is 0 Å². The van der Waals surface area contributed by atoms with Crippen LogP contribution in [0.15, 0.2) is 24.3 Å². The van der Waals surface area contributed by atoms with Crippen LogP contribution in [-0.2, 0) is 0 Å². The number of carbonyl (C=O) groups excluding carboxylic acids is 2. The van der Waals surface area contributed by atoms with Crippen LogP contribution in [0, 0.1) is 11.8 Å². The number of likely N-dealkylation sites (tertiary alicyclic amines) is 2. The Morgan fingerprint density at radius 1 is 1.04 bits per heavy atom. The van der Waals surface area contributed by atoms with Crippen molar-refractivity contribution in [3.8, 4) is 0 Å². The number of benzene rings is 1. The first kappa shape index (κ1) is 17.9. The molecule has 0 radical (unpaired) electrons. The molecule has 5 nitrogen and oxygen atoms in total. The summed E-state index contributed by atoms with van der Waals surface area (Å²) in [7, 11) is 0. The first-order valence-electron chi connectivity index (χ1n) is 9.44. The summed E-state index contributed by atoms with van der Waals surface area (Å²) < 4.78 is 0. The van der Waals surface area contributed by atoms with Crippen LogP contribution in [-0.4, -0.2) is 54.3 Å². The molecule has 1 aromatic carbocycles. The standard InChI is InChI=1S/C20H29N3O2/c1-15-8-11-22(12-9-15)13-16-3-2-10-23(14-16)20(25)18-6-4-17(5-7-18)19(21)24/h4-7,15-16H,2-3,8-14H2,1H3,(H2,21,24)/t16-/m1/s1. The van der Waals surface area contributed by atoms with E-state index in [9.17, 15) is 9.59 Å². The Labute approximate surface area is 150 Å². The van der Waals surface area contributed by atoms with Crippen molar-refractivity contribution in [2.24, 2.45) is 17.6 Å². The molecule has 2 amide bonds. The van der Waals surface area contributed by atoms with E-state index in [1.165, 1.54) is 32.4 Å². The zero-order chi connectivity index (χ0) is 17.8.